The number of nitrogens with zero attached hydrogens (tertiary/aromatic N) is 3. The maximum absolute atomic E-state index is 4.19. The Morgan fingerprint density at radius 2 is 2.00 bits per heavy atom. The first-order valence-electron chi connectivity index (χ1n) is 6.49. The number of thioether (sulfide) groups is 1. The molecule has 5 heteroatoms. The largest absolute Gasteiger partial charge is 0.309 e. The van der Waals surface area contributed by atoms with Gasteiger partial charge >= 0.3 is 0 Å². The van der Waals surface area contributed by atoms with E-state index in [0.717, 1.165) is 23.3 Å². The average molecular weight is 276 g/mol. The third-order valence-electron chi connectivity index (χ3n) is 3.08. The van der Waals surface area contributed by atoms with Crippen LogP contribution in [0.4, 0.5) is 0 Å². The number of benzene rings is 1. The summed E-state index contributed by atoms with van der Waals surface area (Å²) in [4.78, 5) is 0. The third-order valence-corrected chi connectivity index (χ3v) is 4.20. The molecule has 102 valence electrons. The highest BCUT2D eigenvalue weighted by Crippen LogP contribution is 2.23. The second-order valence-corrected chi connectivity index (χ2v) is 5.41. The van der Waals surface area contributed by atoms with Crippen LogP contribution in [0.3, 0.4) is 0 Å². The van der Waals surface area contributed by atoms with Crippen LogP contribution in [0.1, 0.15) is 24.4 Å². The van der Waals surface area contributed by atoms with Crippen molar-refractivity contribution in [2.75, 3.05) is 12.3 Å². The molecule has 1 atom stereocenters. The van der Waals surface area contributed by atoms with Crippen LogP contribution < -0.4 is 5.32 Å². The van der Waals surface area contributed by atoms with Gasteiger partial charge in [-0.05, 0) is 19.0 Å². The van der Waals surface area contributed by atoms with Gasteiger partial charge in [0.2, 0.25) is 0 Å². The standard InChI is InChI=1S/C14H20N4S/c1-4-15-13(12-8-6-5-7-9-12)10-19-14-17-16-11(2)18(14)3/h5-9,13,15H,4,10H2,1-3H3. The monoisotopic (exact) mass is 276 g/mol. The topological polar surface area (TPSA) is 42.7 Å². The van der Waals surface area contributed by atoms with E-state index in [4.69, 9.17) is 0 Å². The first kappa shape index (κ1) is 14.1. The molecule has 0 radical (unpaired) electrons. The van der Waals surface area contributed by atoms with E-state index in [2.05, 4.69) is 46.7 Å². The van der Waals surface area contributed by atoms with Crippen molar-refractivity contribution in [3.63, 3.8) is 0 Å². The molecule has 2 rings (SSSR count). The number of hydrogen-bond acceptors (Lipinski definition) is 4. The smallest absolute Gasteiger partial charge is 0.191 e. The van der Waals surface area contributed by atoms with E-state index < -0.39 is 0 Å². The quantitative estimate of drug-likeness (QED) is 0.824. The molecule has 0 saturated heterocycles. The highest BCUT2D eigenvalue weighted by atomic mass is 32.2. The summed E-state index contributed by atoms with van der Waals surface area (Å²) in [5.41, 5.74) is 1.32. The molecule has 1 aromatic carbocycles. The number of aromatic nitrogens is 3. The molecule has 2 aromatic rings. The number of rotatable bonds is 6. The SMILES string of the molecule is CCNC(CSc1nnc(C)n1C)c1ccccc1. The molecule has 0 spiro atoms. The maximum atomic E-state index is 4.19. The molecule has 1 unspecified atom stereocenters. The van der Waals surface area contributed by atoms with E-state index in [1.54, 1.807) is 11.8 Å². The molecule has 0 fully saturated rings. The minimum atomic E-state index is 0.341. The van der Waals surface area contributed by atoms with E-state index in [0.29, 0.717) is 6.04 Å². The Morgan fingerprint density at radius 1 is 1.26 bits per heavy atom. The van der Waals surface area contributed by atoms with E-state index in [1.807, 2.05) is 24.6 Å². The van der Waals surface area contributed by atoms with Crippen LogP contribution in [0, 0.1) is 6.92 Å². The summed E-state index contributed by atoms with van der Waals surface area (Å²) in [6.07, 6.45) is 0. The normalized spacial score (nSPS) is 12.6. The van der Waals surface area contributed by atoms with Gasteiger partial charge in [-0.1, -0.05) is 49.0 Å². The van der Waals surface area contributed by atoms with Crippen LogP contribution in [-0.4, -0.2) is 27.1 Å². The van der Waals surface area contributed by atoms with Gasteiger partial charge in [0.1, 0.15) is 5.82 Å². The highest BCUT2D eigenvalue weighted by Gasteiger charge is 2.13. The minimum Gasteiger partial charge on any atom is -0.309 e. The van der Waals surface area contributed by atoms with E-state index in [1.165, 1.54) is 5.56 Å². The van der Waals surface area contributed by atoms with Crippen molar-refractivity contribution in [1.29, 1.82) is 0 Å². The number of aryl methyl sites for hydroxylation is 1. The Hall–Kier alpha value is -1.33. The predicted octanol–water partition coefficient (Wildman–Crippen LogP) is 2.57. The molecular weight excluding hydrogens is 256 g/mol. The molecule has 0 aliphatic carbocycles. The summed E-state index contributed by atoms with van der Waals surface area (Å²) in [5.74, 6) is 1.89. The number of nitrogens with one attached hydrogen (secondary N) is 1. The van der Waals surface area contributed by atoms with Crippen molar-refractivity contribution in [2.24, 2.45) is 7.05 Å². The van der Waals surface area contributed by atoms with Crippen LogP contribution in [0.15, 0.2) is 35.5 Å². The molecule has 0 aliphatic rings. The molecule has 19 heavy (non-hydrogen) atoms. The lowest BCUT2D eigenvalue weighted by Gasteiger charge is -2.17. The molecule has 1 aromatic heterocycles. The summed E-state index contributed by atoms with van der Waals surface area (Å²) in [6, 6.07) is 10.9. The van der Waals surface area contributed by atoms with Gasteiger partial charge in [-0.25, -0.2) is 0 Å². The molecular formula is C14H20N4S. The lowest BCUT2D eigenvalue weighted by atomic mass is 10.1. The van der Waals surface area contributed by atoms with Crippen LogP contribution in [-0.2, 0) is 7.05 Å². The van der Waals surface area contributed by atoms with Crippen molar-refractivity contribution < 1.29 is 0 Å². The first-order valence-corrected chi connectivity index (χ1v) is 7.48. The second-order valence-electron chi connectivity index (χ2n) is 4.42. The van der Waals surface area contributed by atoms with Crippen molar-refractivity contribution in [1.82, 2.24) is 20.1 Å². The highest BCUT2D eigenvalue weighted by molar-refractivity contribution is 7.99. The minimum absolute atomic E-state index is 0.341. The van der Waals surface area contributed by atoms with Crippen molar-refractivity contribution in [2.45, 2.75) is 25.0 Å². The van der Waals surface area contributed by atoms with E-state index in [-0.39, 0.29) is 0 Å². The zero-order valence-electron chi connectivity index (χ0n) is 11.6. The summed E-state index contributed by atoms with van der Waals surface area (Å²) in [6.45, 7) is 5.06. The van der Waals surface area contributed by atoms with Gasteiger partial charge in [0, 0.05) is 18.8 Å². The Bertz CT molecular complexity index is 509. The Morgan fingerprint density at radius 3 is 2.58 bits per heavy atom. The number of hydrogen-bond donors (Lipinski definition) is 1. The van der Waals surface area contributed by atoms with Gasteiger partial charge in [0.05, 0.1) is 0 Å². The molecule has 0 saturated carbocycles. The fourth-order valence-electron chi connectivity index (χ4n) is 1.88. The maximum Gasteiger partial charge on any atom is 0.191 e. The first-order chi connectivity index (χ1) is 9.22. The fraction of sp³-hybridized carbons (Fsp3) is 0.429. The molecule has 4 nitrogen and oxygen atoms in total. The molecule has 1 heterocycles. The van der Waals surface area contributed by atoms with Gasteiger partial charge in [-0.3, -0.25) is 0 Å². The Kier molecular flexibility index (Phi) is 4.99. The van der Waals surface area contributed by atoms with Crippen LogP contribution in [0.25, 0.3) is 0 Å². The van der Waals surface area contributed by atoms with E-state index >= 15 is 0 Å². The predicted molar refractivity (Wildman–Crippen MR) is 79.3 cm³/mol. The lowest BCUT2D eigenvalue weighted by molar-refractivity contribution is 0.604. The average Bonchev–Trinajstić information content (AvgIpc) is 2.76. The Balaban J connectivity index is 2.04. The second kappa shape index (κ2) is 6.73. The van der Waals surface area contributed by atoms with Crippen molar-refractivity contribution in [3.8, 4) is 0 Å². The summed E-state index contributed by atoms with van der Waals surface area (Å²) < 4.78 is 2.03. The van der Waals surface area contributed by atoms with Gasteiger partial charge < -0.3 is 9.88 Å². The van der Waals surface area contributed by atoms with Gasteiger partial charge in [0.25, 0.3) is 0 Å². The zero-order chi connectivity index (χ0) is 13.7. The summed E-state index contributed by atoms with van der Waals surface area (Å²) in [7, 11) is 2.00. The van der Waals surface area contributed by atoms with Gasteiger partial charge in [-0.15, -0.1) is 10.2 Å². The van der Waals surface area contributed by atoms with Crippen LogP contribution in [0.5, 0.6) is 0 Å². The fourth-order valence-corrected chi connectivity index (χ4v) is 2.93. The van der Waals surface area contributed by atoms with Crippen LogP contribution in [0.2, 0.25) is 0 Å². The molecule has 0 aliphatic heterocycles. The zero-order valence-corrected chi connectivity index (χ0v) is 12.4. The lowest BCUT2D eigenvalue weighted by Crippen LogP contribution is -2.23. The van der Waals surface area contributed by atoms with E-state index in [9.17, 15) is 0 Å². The Labute approximate surface area is 118 Å². The van der Waals surface area contributed by atoms with Crippen LogP contribution >= 0.6 is 11.8 Å². The molecule has 0 amide bonds. The third kappa shape index (κ3) is 3.58. The van der Waals surface area contributed by atoms with Gasteiger partial charge in [-0.2, -0.15) is 0 Å². The summed E-state index contributed by atoms with van der Waals surface area (Å²) in [5, 5.41) is 12.8. The van der Waals surface area contributed by atoms with Crippen molar-refractivity contribution in [3.05, 3.63) is 41.7 Å². The summed E-state index contributed by atoms with van der Waals surface area (Å²) >= 11 is 1.74. The van der Waals surface area contributed by atoms with Gasteiger partial charge in [0.15, 0.2) is 5.16 Å². The van der Waals surface area contributed by atoms with Crippen molar-refractivity contribution >= 4 is 11.8 Å². The molecule has 0 bridgehead atoms. The molecule has 1 N–H and O–H groups in total.